The van der Waals surface area contributed by atoms with Gasteiger partial charge in [-0.25, -0.2) is 4.98 Å². The third-order valence-electron chi connectivity index (χ3n) is 8.87. The number of carbonyl (C=O) groups excluding carboxylic acids is 1. The fraction of sp³-hybridized carbons (Fsp3) is 0.324. The summed E-state index contributed by atoms with van der Waals surface area (Å²) in [4.78, 5) is 21.0. The molecule has 0 aliphatic carbocycles. The number of halogens is 2. The van der Waals surface area contributed by atoms with Gasteiger partial charge in [-0.2, -0.15) is 0 Å². The van der Waals surface area contributed by atoms with Crippen molar-refractivity contribution < 1.29 is 14.3 Å². The smallest absolute Gasteiger partial charge is 0.220 e. The average molecular weight is 688 g/mol. The van der Waals surface area contributed by atoms with Gasteiger partial charge in [0.1, 0.15) is 0 Å². The lowest BCUT2D eigenvalue weighted by Gasteiger charge is -2.15. The van der Waals surface area contributed by atoms with E-state index in [9.17, 15) is 4.79 Å². The van der Waals surface area contributed by atoms with Gasteiger partial charge in [0, 0.05) is 104 Å². The lowest BCUT2D eigenvalue weighted by atomic mass is 9.99. The monoisotopic (exact) mass is 686 g/mol. The van der Waals surface area contributed by atoms with E-state index in [-0.39, 0.29) is 18.1 Å². The quantitative estimate of drug-likeness (QED) is 0.126. The van der Waals surface area contributed by atoms with Gasteiger partial charge in [-0.1, -0.05) is 59.6 Å². The van der Waals surface area contributed by atoms with Crippen molar-refractivity contribution in [2.24, 2.45) is 7.05 Å². The molecular weight excluding hydrogens is 647 g/mol. The minimum atomic E-state index is 0.105. The largest absolute Gasteiger partial charge is 0.481 e. The number of hydrogen-bond acceptors (Lipinski definition) is 7. The molecule has 11 heteroatoms. The van der Waals surface area contributed by atoms with Crippen molar-refractivity contribution in [3.8, 4) is 39.5 Å². The first kappa shape index (κ1) is 33.9. The SMILES string of the molecule is COc1nc(-c2cccc(-c3ccnc(-c4ccc5c(CNC[C@H](C)OC)cn(C)c5c4)c3Cl)c2Cl)ccc1CNC[C@@H]1CCC(=O)N1. The van der Waals surface area contributed by atoms with Crippen molar-refractivity contribution in [3.63, 3.8) is 0 Å². The number of rotatable bonds is 13. The van der Waals surface area contributed by atoms with E-state index in [4.69, 9.17) is 37.7 Å². The molecule has 0 saturated carbocycles. The maximum absolute atomic E-state index is 11.5. The Labute approximate surface area is 291 Å². The molecule has 1 fully saturated rings. The summed E-state index contributed by atoms with van der Waals surface area (Å²) < 4.78 is 13.1. The third kappa shape index (κ3) is 7.21. The molecule has 1 aliphatic rings. The minimum absolute atomic E-state index is 0.105. The molecule has 1 aliphatic heterocycles. The highest BCUT2D eigenvalue weighted by Gasteiger charge is 2.21. The summed E-state index contributed by atoms with van der Waals surface area (Å²) in [6.07, 6.45) is 5.48. The van der Waals surface area contributed by atoms with Crippen molar-refractivity contribution in [3.05, 3.63) is 88.2 Å². The zero-order valence-electron chi connectivity index (χ0n) is 27.6. The lowest BCUT2D eigenvalue weighted by Crippen LogP contribution is -2.35. The highest BCUT2D eigenvalue weighted by Crippen LogP contribution is 2.42. The molecule has 4 heterocycles. The van der Waals surface area contributed by atoms with Crippen LogP contribution >= 0.6 is 23.2 Å². The molecule has 3 N–H and O–H groups in total. The average Bonchev–Trinajstić information content (AvgIpc) is 3.66. The van der Waals surface area contributed by atoms with Crippen molar-refractivity contribution in [1.82, 2.24) is 30.5 Å². The number of hydrogen-bond donors (Lipinski definition) is 3. The number of amides is 1. The summed E-state index contributed by atoms with van der Waals surface area (Å²) in [7, 11) is 5.38. The van der Waals surface area contributed by atoms with Crippen molar-refractivity contribution in [2.45, 2.75) is 45.0 Å². The zero-order valence-corrected chi connectivity index (χ0v) is 29.1. The summed E-state index contributed by atoms with van der Waals surface area (Å²) in [6, 6.07) is 18.1. The second kappa shape index (κ2) is 15.1. The van der Waals surface area contributed by atoms with Gasteiger partial charge in [-0.3, -0.25) is 9.78 Å². The van der Waals surface area contributed by atoms with Crippen LogP contribution in [0.15, 0.2) is 67.0 Å². The molecule has 3 aromatic heterocycles. The Morgan fingerprint density at radius 2 is 1.79 bits per heavy atom. The molecule has 6 rings (SSSR count). The molecule has 48 heavy (non-hydrogen) atoms. The van der Waals surface area contributed by atoms with Gasteiger partial charge in [0.25, 0.3) is 0 Å². The fourth-order valence-electron chi connectivity index (χ4n) is 6.18. The molecule has 2 atom stereocenters. The number of aromatic nitrogens is 3. The van der Waals surface area contributed by atoms with E-state index in [1.807, 2.05) is 50.4 Å². The summed E-state index contributed by atoms with van der Waals surface area (Å²) >= 11 is 14.2. The summed E-state index contributed by atoms with van der Waals surface area (Å²) in [5, 5.41) is 12.1. The topological polar surface area (TPSA) is 102 Å². The number of pyridine rings is 2. The number of fused-ring (bicyclic) bond motifs is 1. The van der Waals surface area contributed by atoms with Crippen LogP contribution in [0.3, 0.4) is 0 Å². The number of methoxy groups -OCH3 is 2. The van der Waals surface area contributed by atoms with Gasteiger partial charge in [0.15, 0.2) is 0 Å². The van der Waals surface area contributed by atoms with E-state index >= 15 is 0 Å². The van der Waals surface area contributed by atoms with E-state index in [2.05, 4.69) is 49.9 Å². The Hall–Kier alpha value is -3.99. The van der Waals surface area contributed by atoms with Gasteiger partial charge in [0.05, 0.1) is 34.6 Å². The second-order valence-electron chi connectivity index (χ2n) is 12.2. The van der Waals surface area contributed by atoms with Crippen LogP contribution in [-0.2, 0) is 29.7 Å². The molecule has 1 saturated heterocycles. The van der Waals surface area contributed by atoms with E-state index in [0.717, 1.165) is 52.8 Å². The maximum Gasteiger partial charge on any atom is 0.220 e. The predicted octanol–water partition coefficient (Wildman–Crippen LogP) is 6.78. The Bertz CT molecular complexity index is 1940. The third-order valence-corrected chi connectivity index (χ3v) is 9.66. The molecule has 250 valence electrons. The van der Waals surface area contributed by atoms with Crippen molar-refractivity contribution in [1.29, 1.82) is 0 Å². The van der Waals surface area contributed by atoms with E-state index in [0.29, 0.717) is 46.8 Å². The highest BCUT2D eigenvalue weighted by molar-refractivity contribution is 6.39. The van der Waals surface area contributed by atoms with Crippen LogP contribution in [-0.4, -0.2) is 59.9 Å². The Morgan fingerprint density at radius 3 is 2.56 bits per heavy atom. The van der Waals surface area contributed by atoms with Crippen LogP contribution in [0.4, 0.5) is 0 Å². The van der Waals surface area contributed by atoms with Gasteiger partial charge in [-0.05, 0) is 37.1 Å². The number of nitrogens with one attached hydrogen (secondary N) is 3. The second-order valence-corrected chi connectivity index (χ2v) is 12.9. The normalized spacial score (nSPS) is 15.2. The van der Waals surface area contributed by atoms with Crippen LogP contribution < -0.4 is 20.7 Å². The van der Waals surface area contributed by atoms with Crippen LogP contribution in [0.5, 0.6) is 5.88 Å². The molecule has 9 nitrogen and oxygen atoms in total. The maximum atomic E-state index is 11.5. The molecule has 2 aromatic carbocycles. The lowest BCUT2D eigenvalue weighted by molar-refractivity contribution is -0.119. The Balaban J connectivity index is 1.25. The van der Waals surface area contributed by atoms with Gasteiger partial charge in [0.2, 0.25) is 11.8 Å². The first-order chi connectivity index (χ1) is 23.3. The predicted molar refractivity (Wildman–Crippen MR) is 192 cm³/mol. The van der Waals surface area contributed by atoms with E-state index in [1.54, 1.807) is 20.4 Å². The van der Waals surface area contributed by atoms with Crippen LogP contribution in [0.1, 0.15) is 30.9 Å². The molecule has 0 unspecified atom stereocenters. The standard InChI is InChI=1S/C37H40Cl2N6O3/c1-22(47-3)17-40-19-25-21-45(2)32-16-23(8-11-27(25)32)36-35(39)29(14-15-42-36)28-6-5-7-30(34(28)38)31-12-9-24(37(44-31)48-4)18-41-20-26-10-13-33(46)43-26/h5-9,11-12,14-16,21-22,26,40-41H,10,13,17-20H2,1-4H3,(H,43,46)/t22-,26-/m0/s1. The number of carbonyl (C=O) groups is 1. The Kier molecular flexibility index (Phi) is 10.6. The molecule has 1 amide bonds. The van der Waals surface area contributed by atoms with E-state index in [1.165, 1.54) is 10.9 Å². The molecule has 0 bridgehead atoms. The van der Waals surface area contributed by atoms with Gasteiger partial charge < -0.3 is 30.0 Å². The number of benzene rings is 2. The molecule has 0 radical (unpaired) electrons. The molecular formula is C37H40Cl2N6O3. The van der Waals surface area contributed by atoms with E-state index < -0.39 is 0 Å². The van der Waals surface area contributed by atoms with Crippen molar-refractivity contribution in [2.75, 3.05) is 27.3 Å². The van der Waals surface area contributed by atoms with Gasteiger partial charge in [-0.15, -0.1) is 0 Å². The highest BCUT2D eigenvalue weighted by atomic mass is 35.5. The number of aryl methyl sites for hydroxylation is 1. The van der Waals surface area contributed by atoms with Crippen LogP contribution in [0.2, 0.25) is 10.0 Å². The first-order valence-electron chi connectivity index (χ1n) is 16.1. The summed E-state index contributed by atoms with van der Waals surface area (Å²) in [5.74, 6) is 0.620. The fourth-order valence-corrected chi connectivity index (χ4v) is 6.83. The molecule has 0 spiro atoms. The molecule has 5 aromatic rings. The zero-order chi connectivity index (χ0) is 33.8. The number of nitrogens with zero attached hydrogens (tertiary/aromatic N) is 3. The van der Waals surface area contributed by atoms with Crippen LogP contribution in [0, 0.1) is 0 Å². The number of ether oxygens (including phenoxy) is 2. The minimum Gasteiger partial charge on any atom is -0.481 e. The van der Waals surface area contributed by atoms with Gasteiger partial charge >= 0.3 is 0 Å². The summed E-state index contributed by atoms with van der Waals surface area (Å²) in [6.45, 7) is 4.81. The Morgan fingerprint density at radius 1 is 1.00 bits per heavy atom. The summed E-state index contributed by atoms with van der Waals surface area (Å²) in [5.41, 5.74) is 7.84. The van der Waals surface area contributed by atoms with Crippen LogP contribution in [0.25, 0.3) is 44.5 Å². The van der Waals surface area contributed by atoms with Crippen molar-refractivity contribution >= 4 is 40.0 Å². The first-order valence-corrected chi connectivity index (χ1v) is 16.8.